The lowest BCUT2D eigenvalue weighted by Crippen LogP contribution is -2.17. The van der Waals surface area contributed by atoms with Gasteiger partial charge < -0.3 is 20.1 Å². The van der Waals surface area contributed by atoms with Gasteiger partial charge in [0.25, 0.3) is 5.91 Å². The molecule has 2 N–H and O–H groups in total. The molecular formula is C27H22F2N6O3. The molecule has 0 unspecified atom stereocenters. The fourth-order valence-corrected chi connectivity index (χ4v) is 3.77. The van der Waals surface area contributed by atoms with Gasteiger partial charge >= 0.3 is 0 Å². The molecular weight excluding hydrogens is 494 g/mol. The largest absolute Gasteiger partial charge is 0.486 e. The lowest BCUT2D eigenvalue weighted by Gasteiger charge is -2.19. The number of anilines is 3. The number of fused-ring (bicyclic) bond motifs is 1. The lowest BCUT2D eigenvalue weighted by atomic mass is 10.1. The molecule has 0 radical (unpaired) electrons. The van der Waals surface area contributed by atoms with Crippen LogP contribution in [0.25, 0.3) is 11.3 Å². The number of aliphatic imine (C=N–C) groups is 1. The van der Waals surface area contributed by atoms with Gasteiger partial charge in [-0.05, 0) is 48.9 Å². The first-order valence-corrected chi connectivity index (χ1v) is 11.8. The van der Waals surface area contributed by atoms with Crippen molar-refractivity contribution in [3.05, 3.63) is 78.4 Å². The maximum Gasteiger partial charge on any atom is 0.255 e. The first kappa shape index (κ1) is 24.8. The third-order valence-electron chi connectivity index (χ3n) is 5.56. The van der Waals surface area contributed by atoms with Crippen molar-refractivity contribution >= 4 is 35.0 Å². The topological polar surface area (TPSA) is 111 Å². The van der Waals surface area contributed by atoms with Crippen molar-refractivity contribution in [3.63, 3.8) is 0 Å². The number of hydrogen-bond donors (Lipinski definition) is 2. The van der Waals surface area contributed by atoms with Gasteiger partial charge in [0.05, 0.1) is 11.9 Å². The van der Waals surface area contributed by atoms with Crippen LogP contribution in [0.15, 0.2) is 66.2 Å². The van der Waals surface area contributed by atoms with Crippen LogP contribution in [0, 0.1) is 11.6 Å². The molecule has 1 aliphatic heterocycles. The average Bonchev–Trinajstić information content (AvgIpc) is 2.95. The molecule has 192 valence electrons. The van der Waals surface area contributed by atoms with E-state index in [1.54, 1.807) is 30.6 Å². The summed E-state index contributed by atoms with van der Waals surface area (Å²) in [6, 6.07) is 10.2. The molecule has 0 spiro atoms. The highest BCUT2D eigenvalue weighted by Crippen LogP contribution is 2.36. The fraction of sp³-hybridized carbons (Fsp3) is 0.148. The Bertz CT molecular complexity index is 1530. The normalized spacial score (nSPS) is 12.4. The molecule has 5 rings (SSSR count). The van der Waals surface area contributed by atoms with E-state index in [0.717, 1.165) is 12.1 Å². The highest BCUT2D eigenvalue weighted by molar-refractivity contribution is 6.05. The van der Waals surface area contributed by atoms with Crippen molar-refractivity contribution in [2.75, 3.05) is 23.8 Å². The number of aromatic nitrogens is 3. The van der Waals surface area contributed by atoms with Gasteiger partial charge in [-0.15, -0.1) is 0 Å². The second-order valence-electron chi connectivity index (χ2n) is 8.10. The standard InChI is InChI=1S/C27H22F2N6O3/c1-2-9-31-20-14-30-15-33-24(20)17-4-3-10-32-26(17)35-25-18(28)6-7-19(23(25)29)34-27(36)16-5-8-21-22(13-16)38-12-11-37-21/h3-10,13-15H,2,11-12H2,1H3,(H,32,35)(H,34,36)/b31-9-. The molecule has 0 fully saturated rings. The highest BCUT2D eigenvalue weighted by Gasteiger charge is 2.21. The minimum absolute atomic E-state index is 0.146. The van der Waals surface area contributed by atoms with Crippen LogP contribution >= 0.6 is 0 Å². The van der Waals surface area contributed by atoms with Gasteiger partial charge in [-0.25, -0.2) is 23.7 Å². The number of nitrogens with one attached hydrogen (secondary N) is 2. The Morgan fingerprint density at radius 2 is 1.95 bits per heavy atom. The Labute approximate surface area is 216 Å². The van der Waals surface area contributed by atoms with E-state index in [2.05, 4.69) is 30.6 Å². The molecule has 38 heavy (non-hydrogen) atoms. The van der Waals surface area contributed by atoms with Crippen molar-refractivity contribution in [1.29, 1.82) is 0 Å². The lowest BCUT2D eigenvalue weighted by molar-refractivity contribution is 0.102. The quantitative estimate of drug-likeness (QED) is 0.303. The van der Waals surface area contributed by atoms with Gasteiger partial charge in [0.2, 0.25) is 0 Å². The smallest absolute Gasteiger partial charge is 0.255 e. The van der Waals surface area contributed by atoms with E-state index in [1.165, 1.54) is 24.7 Å². The minimum atomic E-state index is -1.00. The number of rotatable bonds is 7. The maximum atomic E-state index is 15.5. The molecule has 9 nitrogen and oxygen atoms in total. The molecule has 1 aliphatic rings. The molecule has 0 saturated heterocycles. The van der Waals surface area contributed by atoms with Crippen LogP contribution in [0.1, 0.15) is 23.7 Å². The predicted molar refractivity (Wildman–Crippen MR) is 139 cm³/mol. The molecule has 2 aromatic carbocycles. The van der Waals surface area contributed by atoms with Crippen LogP contribution < -0.4 is 20.1 Å². The number of hydrogen-bond acceptors (Lipinski definition) is 8. The van der Waals surface area contributed by atoms with Gasteiger partial charge in [0, 0.05) is 23.5 Å². The van der Waals surface area contributed by atoms with E-state index >= 15 is 4.39 Å². The monoisotopic (exact) mass is 516 g/mol. The molecule has 0 aliphatic carbocycles. The van der Waals surface area contributed by atoms with Crippen molar-refractivity contribution in [1.82, 2.24) is 15.0 Å². The summed E-state index contributed by atoms with van der Waals surface area (Å²) >= 11 is 0. The Hall–Kier alpha value is -4.93. The van der Waals surface area contributed by atoms with Crippen molar-refractivity contribution in [2.45, 2.75) is 13.3 Å². The Balaban J connectivity index is 1.44. The fourth-order valence-electron chi connectivity index (χ4n) is 3.77. The number of halogens is 2. The van der Waals surface area contributed by atoms with E-state index in [4.69, 9.17) is 9.47 Å². The van der Waals surface area contributed by atoms with Crippen LogP contribution in [-0.4, -0.2) is 40.3 Å². The molecule has 0 bridgehead atoms. The predicted octanol–water partition coefficient (Wildman–Crippen LogP) is 5.70. The van der Waals surface area contributed by atoms with Gasteiger partial charge in [0.15, 0.2) is 17.3 Å². The molecule has 0 atom stereocenters. The summed E-state index contributed by atoms with van der Waals surface area (Å²) in [5.74, 6) is -1.39. The van der Waals surface area contributed by atoms with Gasteiger partial charge in [-0.3, -0.25) is 9.79 Å². The molecule has 4 aromatic rings. The van der Waals surface area contributed by atoms with Gasteiger partial charge in [-0.1, -0.05) is 6.92 Å². The first-order chi connectivity index (χ1) is 18.5. The summed E-state index contributed by atoms with van der Waals surface area (Å²) in [5, 5.41) is 5.21. The Kier molecular flexibility index (Phi) is 7.16. The number of carbonyl (C=O) groups excluding carboxylic acids is 1. The Morgan fingerprint density at radius 3 is 2.79 bits per heavy atom. The third kappa shape index (κ3) is 5.12. The van der Waals surface area contributed by atoms with E-state index in [0.29, 0.717) is 48.1 Å². The summed E-state index contributed by atoms with van der Waals surface area (Å²) in [6.07, 6.45) is 6.78. The summed E-state index contributed by atoms with van der Waals surface area (Å²) < 4.78 is 41.3. The number of carbonyl (C=O) groups is 1. The van der Waals surface area contributed by atoms with Crippen LogP contribution in [0.5, 0.6) is 11.5 Å². The number of pyridine rings is 1. The number of amides is 1. The third-order valence-corrected chi connectivity index (χ3v) is 5.56. The molecule has 3 heterocycles. The Morgan fingerprint density at radius 1 is 1.11 bits per heavy atom. The summed E-state index contributed by atoms with van der Waals surface area (Å²) in [6.45, 7) is 2.71. The van der Waals surface area contributed by atoms with Gasteiger partial charge in [-0.2, -0.15) is 0 Å². The van der Waals surface area contributed by atoms with E-state index in [9.17, 15) is 9.18 Å². The maximum absolute atomic E-state index is 15.5. The zero-order chi connectivity index (χ0) is 26.5. The van der Waals surface area contributed by atoms with Crippen LogP contribution in [0.4, 0.5) is 31.7 Å². The number of ether oxygens (including phenoxy) is 2. The van der Waals surface area contributed by atoms with Crippen molar-refractivity contribution in [2.24, 2.45) is 4.99 Å². The molecule has 2 aromatic heterocycles. The molecule has 1 amide bonds. The van der Waals surface area contributed by atoms with Crippen LogP contribution in [-0.2, 0) is 0 Å². The van der Waals surface area contributed by atoms with Crippen LogP contribution in [0.3, 0.4) is 0 Å². The van der Waals surface area contributed by atoms with E-state index in [1.807, 2.05) is 6.92 Å². The first-order valence-electron chi connectivity index (χ1n) is 11.8. The summed E-state index contributed by atoms with van der Waals surface area (Å²) in [4.78, 5) is 29.8. The summed E-state index contributed by atoms with van der Waals surface area (Å²) in [7, 11) is 0. The van der Waals surface area contributed by atoms with Crippen molar-refractivity contribution in [3.8, 4) is 22.8 Å². The minimum Gasteiger partial charge on any atom is -0.486 e. The zero-order valence-corrected chi connectivity index (χ0v) is 20.2. The van der Waals surface area contributed by atoms with Gasteiger partial charge in [0.1, 0.15) is 48.2 Å². The number of benzene rings is 2. The summed E-state index contributed by atoms with van der Waals surface area (Å²) in [5.41, 5.74) is 0.890. The second kappa shape index (κ2) is 11.0. The van der Waals surface area contributed by atoms with Crippen LogP contribution in [0.2, 0.25) is 0 Å². The molecule has 0 saturated carbocycles. The van der Waals surface area contributed by atoms with Crippen molar-refractivity contribution < 1.29 is 23.0 Å². The van der Waals surface area contributed by atoms with E-state index in [-0.39, 0.29) is 17.1 Å². The van der Waals surface area contributed by atoms with E-state index < -0.39 is 23.2 Å². The molecule has 11 heteroatoms. The SMILES string of the molecule is CC/C=N\c1cncnc1-c1cccnc1Nc1c(F)ccc(NC(=O)c2ccc3c(c2)OCCO3)c1F. The zero-order valence-electron chi connectivity index (χ0n) is 20.2. The average molecular weight is 517 g/mol. The highest BCUT2D eigenvalue weighted by atomic mass is 19.1. The number of nitrogens with zero attached hydrogens (tertiary/aromatic N) is 4. The second-order valence-corrected chi connectivity index (χ2v) is 8.10.